The molecule has 1 saturated carbocycles. The van der Waals surface area contributed by atoms with E-state index in [-0.39, 0.29) is 0 Å². The highest BCUT2D eigenvalue weighted by Gasteiger charge is 2.52. The van der Waals surface area contributed by atoms with Gasteiger partial charge in [-0.1, -0.05) is 13.8 Å². The Hall–Kier alpha value is -3.00. The molecule has 5 heterocycles. The van der Waals surface area contributed by atoms with Crippen molar-refractivity contribution in [3.05, 3.63) is 43.0 Å². The third-order valence-corrected chi connectivity index (χ3v) is 6.38. The Morgan fingerprint density at radius 3 is 2.77 bits per heavy atom. The molecule has 2 aliphatic rings. The Bertz CT molecular complexity index is 1210. The van der Waals surface area contributed by atoms with Crippen LogP contribution in [0.15, 0.2) is 43.0 Å². The number of nitrogens with zero attached hydrogens (tertiary/aromatic N) is 7. The van der Waals surface area contributed by atoms with Gasteiger partial charge in [-0.3, -0.25) is 0 Å². The Labute approximate surface area is 174 Å². The first-order valence-corrected chi connectivity index (χ1v) is 10.7. The zero-order valence-electron chi connectivity index (χ0n) is 17.4. The van der Waals surface area contributed by atoms with Crippen LogP contribution in [0.4, 0.5) is 5.95 Å². The van der Waals surface area contributed by atoms with E-state index in [9.17, 15) is 0 Å². The predicted molar refractivity (Wildman–Crippen MR) is 115 cm³/mol. The second-order valence-corrected chi connectivity index (χ2v) is 9.40. The zero-order chi connectivity index (χ0) is 20.3. The van der Waals surface area contributed by atoms with Crippen molar-refractivity contribution in [1.82, 2.24) is 34.1 Å². The number of nitrogens with one attached hydrogen (secondary N) is 1. The summed E-state index contributed by atoms with van der Waals surface area (Å²) < 4.78 is 3.66. The molecule has 0 atom stereocenters. The molecular formula is C22H26N8. The largest absolute Gasteiger partial charge is 0.350 e. The fraction of sp³-hybridized carbons (Fsp3) is 0.455. The normalized spacial score (nSPS) is 18.9. The molecule has 6 rings (SSSR count). The van der Waals surface area contributed by atoms with Crippen LogP contribution in [0, 0.1) is 11.3 Å². The molecule has 8 heteroatoms. The number of fused-ring (bicyclic) bond motifs is 2. The lowest BCUT2D eigenvalue weighted by molar-refractivity contribution is -0.0711. The first-order chi connectivity index (χ1) is 14.6. The fourth-order valence-corrected chi connectivity index (χ4v) is 5.22. The summed E-state index contributed by atoms with van der Waals surface area (Å²) in [6.45, 7) is 8.31. The summed E-state index contributed by atoms with van der Waals surface area (Å²) in [5, 5.41) is 12.9. The summed E-state index contributed by atoms with van der Waals surface area (Å²) in [6.07, 6.45) is 9.89. The first-order valence-electron chi connectivity index (χ1n) is 10.7. The van der Waals surface area contributed by atoms with Gasteiger partial charge in [0.15, 0.2) is 5.65 Å². The van der Waals surface area contributed by atoms with Gasteiger partial charge in [0, 0.05) is 49.8 Å². The number of imidazole rings is 1. The summed E-state index contributed by atoms with van der Waals surface area (Å²) in [4.78, 5) is 11.4. The Morgan fingerprint density at radius 1 is 1.07 bits per heavy atom. The Kier molecular flexibility index (Phi) is 3.86. The van der Waals surface area contributed by atoms with Gasteiger partial charge in [-0.2, -0.15) is 5.10 Å². The lowest BCUT2D eigenvalue weighted by atomic mass is 9.60. The van der Waals surface area contributed by atoms with E-state index < -0.39 is 0 Å². The highest BCUT2D eigenvalue weighted by atomic mass is 15.3. The summed E-state index contributed by atoms with van der Waals surface area (Å²) in [5.74, 6) is 1.45. The maximum absolute atomic E-state index is 4.68. The van der Waals surface area contributed by atoms with Crippen LogP contribution in [0.5, 0.6) is 0 Å². The van der Waals surface area contributed by atoms with E-state index in [0.29, 0.717) is 17.4 Å². The van der Waals surface area contributed by atoms with Crippen molar-refractivity contribution in [2.24, 2.45) is 11.3 Å². The summed E-state index contributed by atoms with van der Waals surface area (Å²) >= 11 is 0. The van der Waals surface area contributed by atoms with E-state index in [0.717, 1.165) is 28.3 Å². The molecule has 0 radical (unpaired) electrons. The zero-order valence-corrected chi connectivity index (χ0v) is 17.4. The van der Waals surface area contributed by atoms with Crippen LogP contribution >= 0.6 is 0 Å². The summed E-state index contributed by atoms with van der Waals surface area (Å²) in [5.41, 5.74) is 4.21. The van der Waals surface area contributed by atoms with Crippen molar-refractivity contribution in [3.63, 3.8) is 0 Å². The lowest BCUT2D eigenvalue weighted by Crippen LogP contribution is -2.65. The quantitative estimate of drug-likeness (QED) is 0.553. The summed E-state index contributed by atoms with van der Waals surface area (Å²) in [6, 6.07) is 6.47. The van der Waals surface area contributed by atoms with Crippen molar-refractivity contribution in [3.8, 4) is 11.3 Å². The van der Waals surface area contributed by atoms with E-state index in [2.05, 4.69) is 44.2 Å². The molecule has 0 aromatic carbocycles. The van der Waals surface area contributed by atoms with Gasteiger partial charge in [0.1, 0.15) is 0 Å². The third kappa shape index (κ3) is 2.94. The van der Waals surface area contributed by atoms with E-state index in [1.165, 1.54) is 32.5 Å². The molecule has 1 spiro atoms. The van der Waals surface area contributed by atoms with Crippen molar-refractivity contribution in [2.75, 3.05) is 25.0 Å². The van der Waals surface area contributed by atoms with E-state index in [1.54, 1.807) is 10.7 Å². The van der Waals surface area contributed by atoms with Gasteiger partial charge in [-0.05, 0) is 42.4 Å². The topological polar surface area (TPSA) is 75.6 Å². The minimum Gasteiger partial charge on any atom is -0.350 e. The lowest BCUT2D eigenvalue weighted by Gasteiger charge is -2.59. The maximum atomic E-state index is 4.68. The van der Waals surface area contributed by atoms with Gasteiger partial charge in [0.25, 0.3) is 0 Å². The standard InChI is InChI=1S/C22H26N8/c1-15(2)12-28-13-22(14-28)9-16(10-22)25-21-24-11-19-17(5-7-29(19)27-21)18-3-4-20-23-6-8-30(20)26-18/h3-8,11,15-16H,9-10,12-14H2,1-2H3,(H,25,27). The van der Waals surface area contributed by atoms with Crippen LogP contribution in [0.3, 0.4) is 0 Å². The number of anilines is 1. The molecule has 0 amide bonds. The van der Waals surface area contributed by atoms with Crippen LogP contribution in [-0.4, -0.2) is 59.8 Å². The van der Waals surface area contributed by atoms with Gasteiger partial charge in [-0.25, -0.2) is 19.0 Å². The molecule has 4 aromatic heterocycles. The molecule has 1 aliphatic heterocycles. The number of hydrogen-bond acceptors (Lipinski definition) is 6. The Balaban J connectivity index is 1.15. The van der Waals surface area contributed by atoms with Gasteiger partial charge in [0.05, 0.1) is 17.4 Å². The van der Waals surface area contributed by atoms with Crippen molar-refractivity contribution in [1.29, 1.82) is 0 Å². The molecule has 4 aromatic rings. The molecule has 1 saturated heterocycles. The van der Waals surface area contributed by atoms with Gasteiger partial charge in [-0.15, -0.1) is 5.10 Å². The molecule has 154 valence electrons. The Morgan fingerprint density at radius 2 is 1.93 bits per heavy atom. The highest BCUT2D eigenvalue weighted by molar-refractivity contribution is 5.78. The number of aromatic nitrogens is 6. The van der Waals surface area contributed by atoms with Gasteiger partial charge in [0.2, 0.25) is 5.95 Å². The van der Waals surface area contributed by atoms with E-state index >= 15 is 0 Å². The number of hydrogen-bond donors (Lipinski definition) is 1. The minimum absolute atomic E-state index is 0.476. The van der Waals surface area contributed by atoms with Crippen LogP contribution in [0.1, 0.15) is 26.7 Å². The van der Waals surface area contributed by atoms with Crippen molar-refractivity contribution < 1.29 is 0 Å². The van der Waals surface area contributed by atoms with E-state index in [4.69, 9.17) is 0 Å². The van der Waals surface area contributed by atoms with Crippen molar-refractivity contribution >= 4 is 17.1 Å². The first kappa shape index (κ1) is 17.8. The number of likely N-dealkylation sites (tertiary alicyclic amines) is 1. The molecule has 1 aliphatic carbocycles. The second kappa shape index (κ2) is 6.50. The molecule has 8 nitrogen and oxygen atoms in total. The molecule has 2 fully saturated rings. The van der Waals surface area contributed by atoms with Crippen molar-refractivity contribution in [2.45, 2.75) is 32.7 Å². The monoisotopic (exact) mass is 402 g/mol. The minimum atomic E-state index is 0.476. The fourth-order valence-electron chi connectivity index (χ4n) is 5.22. The SMILES string of the molecule is CC(C)CN1CC2(CC(Nc3ncc4c(-c5ccc6nccn6n5)ccn4n3)C2)C1. The van der Waals surface area contributed by atoms with Crippen LogP contribution in [0.25, 0.3) is 22.4 Å². The van der Waals surface area contributed by atoms with Crippen LogP contribution < -0.4 is 5.32 Å². The smallest absolute Gasteiger partial charge is 0.241 e. The second-order valence-electron chi connectivity index (χ2n) is 9.40. The molecule has 1 N–H and O–H groups in total. The average molecular weight is 403 g/mol. The summed E-state index contributed by atoms with van der Waals surface area (Å²) in [7, 11) is 0. The van der Waals surface area contributed by atoms with E-state index in [1.807, 2.05) is 41.3 Å². The number of rotatable bonds is 5. The van der Waals surface area contributed by atoms with Gasteiger partial charge >= 0.3 is 0 Å². The highest BCUT2D eigenvalue weighted by Crippen LogP contribution is 2.49. The molecule has 30 heavy (non-hydrogen) atoms. The molecular weight excluding hydrogens is 376 g/mol. The van der Waals surface area contributed by atoms with Crippen LogP contribution in [-0.2, 0) is 0 Å². The molecule has 0 bridgehead atoms. The third-order valence-electron chi connectivity index (χ3n) is 6.38. The molecule has 0 unspecified atom stereocenters. The van der Waals surface area contributed by atoms with Gasteiger partial charge < -0.3 is 10.2 Å². The average Bonchev–Trinajstić information content (AvgIpc) is 3.29. The predicted octanol–water partition coefficient (Wildman–Crippen LogP) is 2.97. The van der Waals surface area contributed by atoms with Crippen LogP contribution in [0.2, 0.25) is 0 Å². The maximum Gasteiger partial charge on any atom is 0.241 e.